The predicted octanol–water partition coefficient (Wildman–Crippen LogP) is 7.29. The molecule has 0 aliphatic carbocycles. The third kappa shape index (κ3) is 4.46. The smallest absolute Gasteiger partial charge is 0.264 e. The molecule has 0 radical (unpaired) electrons. The first-order valence-electron chi connectivity index (χ1n) is 10.7. The largest absolute Gasteiger partial charge is 0.379 e. The number of rotatable bonds is 3. The number of para-hydroxylation sites is 3. The van der Waals surface area contributed by atoms with Crippen molar-refractivity contribution < 1.29 is 14.0 Å². The lowest BCUT2D eigenvalue weighted by molar-refractivity contribution is 0.0997. The number of amides is 2. The average molecular weight is 506 g/mol. The minimum Gasteiger partial charge on any atom is -0.379 e. The highest BCUT2D eigenvalue weighted by molar-refractivity contribution is 6.36. The van der Waals surface area contributed by atoms with E-state index in [1.54, 1.807) is 17.0 Å². The minimum absolute atomic E-state index is 0.00695. The molecule has 2 amide bonds. The summed E-state index contributed by atoms with van der Waals surface area (Å²) in [6.45, 7) is 0.571. The first kappa shape index (κ1) is 22.9. The van der Waals surface area contributed by atoms with Gasteiger partial charge in [-0.2, -0.15) is 0 Å². The molecule has 0 saturated heterocycles. The molecule has 8 heteroatoms. The molecule has 4 aromatic carbocycles. The van der Waals surface area contributed by atoms with E-state index in [9.17, 15) is 14.0 Å². The Morgan fingerprint density at radius 3 is 2.29 bits per heavy atom. The van der Waals surface area contributed by atoms with E-state index in [2.05, 4.69) is 10.6 Å². The van der Waals surface area contributed by atoms with Gasteiger partial charge in [-0.25, -0.2) is 4.39 Å². The third-order valence-electron chi connectivity index (χ3n) is 5.68. The normalized spacial score (nSPS) is 12.1. The Kier molecular flexibility index (Phi) is 6.16. The van der Waals surface area contributed by atoms with E-state index >= 15 is 0 Å². The molecule has 0 unspecified atom stereocenters. The fourth-order valence-electron chi connectivity index (χ4n) is 3.99. The standard InChI is InChI=1S/C27H18Cl2FN3O2/c28-21-13-17(30)9-11-19(21)26(34)32-18-10-12-20(22(29)14-18)27(35)33-24-7-3-1-5-16(24)15-31-23-6-2-4-8-25(23)33/h1-14,31H,15H2,(H,32,34). The van der Waals surface area contributed by atoms with Crippen molar-refractivity contribution in [3.63, 3.8) is 0 Å². The fraction of sp³-hybridized carbons (Fsp3) is 0.0370. The summed E-state index contributed by atoms with van der Waals surface area (Å²) in [5.41, 5.74) is 4.03. The molecule has 4 aromatic rings. The van der Waals surface area contributed by atoms with Crippen molar-refractivity contribution >= 4 is 57.8 Å². The van der Waals surface area contributed by atoms with Crippen LogP contribution in [0.15, 0.2) is 84.9 Å². The van der Waals surface area contributed by atoms with Gasteiger partial charge in [0.25, 0.3) is 11.8 Å². The summed E-state index contributed by atoms with van der Waals surface area (Å²) < 4.78 is 13.3. The molecule has 5 nitrogen and oxygen atoms in total. The second-order valence-electron chi connectivity index (χ2n) is 7.91. The molecule has 0 atom stereocenters. The van der Waals surface area contributed by atoms with Gasteiger partial charge in [0.2, 0.25) is 0 Å². The SMILES string of the molecule is O=C(Nc1ccc(C(=O)N2c3ccccc3CNc3ccccc32)c(Cl)c1)c1ccc(F)cc1Cl. The van der Waals surface area contributed by atoms with Gasteiger partial charge in [-0.1, -0.05) is 53.5 Å². The van der Waals surface area contributed by atoms with Crippen molar-refractivity contribution in [2.75, 3.05) is 15.5 Å². The van der Waals surface area contributed by atoms with Crippen LogP contribution in [-0.2, 0) is 6.54 Å². The number of carbonyl (C=O) groups excluding carboxylic acids is 2. The number of nitrogens with zero attached hydrogens (tertiary/aromatic N) is 1. The van der Waals surface area contributed by atoms with Gasteiger partial charge in [0, 0.05) is 12.2 Å². The molecule has 0 fully saturated rings. The number of halogens is 3. The molecule has 0 bridgehead atoms. The number of nitrogens with one attached hydrogen (secondary N) is 2. The van der Waals surface area contributed by atoms with Crippen LogP contribution in [0.4, 0.5) is 27.1 Å². The summed E-state index contributed by atoms with van der Waals surface area (Å²) in [4.78, 5) is 28.0. The summed E-state index contributed by atoms with van der Waals surface area (Å²) in [6.07, 6.45) is 0. The van der Waals surface area contributed by atoms with Crippen LogP contribution in [0.2, 0.25) is 10.0 Å². The van der Waals surface area contributed by atoms with E-state index < -0.39 is 11.7 Å². The first-order valence-corrected chi connectivity index (χ1v) is 11.5. The summed E-state index contributed by atoms with van der Waals surface area (Å²) in [5.74, 6) is -1.37. The monoisotopic (exact) mass is 505 g/mol. The fourth-order valence-corrected chi connectivity index (χ4v) is 4.51. The van der Waals surface area contributed by atoms with E-state index in [1.807, 2.05) is 48.5 Å². The summed E-state index contributed by atoms with van der Waals surface area (Å²) in [7, 11) is 0. The van der Waals surface area contributed by atoms with Gasteiger partial charge < -0.3 is 10.6 Å². The minimum atomic E-state index is -0.538. The molecule has 0 aromatic heterocycles. The Balaban J connectivity index is 1.48. The lowest BCUT2D eigenvalue weighted by Crippen LogP contribution is -2.26. The van der Waals surface area contributed by atoms with Crippen molar-refractivity contribution in [2.24, 2.45) is 0 Å². The van der Waals surface area contributed by atoms with Crippen molar-refractivity contribution in [3.8, 4) is 0 Å². The molecule has 1 heterocycles. The quantitative estimate of drug-likeness (QED) is 0.307. The van der Waals surface area contributed by atoms with Crippen LogP contribution in [0, 0.1) is 5.82 Å². The lowest BCUT2D eigenvalue weighted by Gasteiger charge is -2.25. The van der Waals surface area contributed by atoms with Crippen LogP contribution in [0.25, 0.3) is 0 Å². The molecule has 174 valence electrons. The van der Waals surface area contributed by atoms with E-state index in [-0.39, 0.29) is 27.1 Å². The van der Waals surface area contributed by atoms with Crippen LogP contribution in [0.3, 0.4) is 0 Å². The zero-order valence-electron chi connectivity index (χ0n) is 18.2. The molecule has 5 rings (SSSR count). The molecule has 0 spiro atoms. The van der Waals surface area contributed by atoms with Crippen LogP contribution in [0.1, 0.15) is 26.3 Å². The number of benzene rings is 4. The highest BCUT2D eigenvalue weighted by Gasteiger charge is 2.28. The van der Waals surface area contributed by atoms with E-state index in [0.29, 0.717) is 17.9 Å². The zero-order valence-corrected chi connectivity index (χ0v) is 19.7. The van der Waals surface area contributed by atoms with Crippen molar-refractivity contribution in [2.45, 2.75) is 6.54 Å². The van der Waals surface area contributed by atoms with Gasteiger partial charge in [-0.05, 0) is 60.2 Å². The Bertz CT molecular complexity index is 1430. The third-order valence-corrected chi connectivity index (χ3v) is 6.31. The van der Waals surface area contributed by atoms with Gasteiger partial charge in [0.1, 0.15) is 5.82 Å². The second-order valence-corrected chi connectivity index (χ2v) is 8.73. The maximum atomic E-state index is 13.8. The van der Waals surface area contributed by atoms with E-state index in [0.717, 1.165) is 29.1 Å². The molecule has 1 aliphatic heterocycles. The maximum Gasteiger partial charge on any atom is 0.264 e. The Morgan fingerprint density at radius 2 is 1.51 bits per heavy atom. The van der Waals surface area contributed by atoms with Crippen LogP contribution in [0.5, 0.6) is 0 Å². The molecular weight excluding hydrogens is 488 g/mol. The Morgan fingerprint density at radius 1 is 0.829 bits per heavy atom. The molecular formula is C27H18Cl2FN3O2. The summed E-state index contributed by atoms with van der Waals surface area (Å²) >= 11 is 12.5. The molecule has 1 aliphatic rings. The highest BCUT2D eigenvalue weighted by atomic mass is 35.5. The van der Waals surface area contributed by atoms with Crippen molar-refractivity contribution in [1.82, 2.24) is 0 Å². The van der Waals surface area contributed by atoms with Gasteiger partial charge in [-0.3, -0.25) is 14.5 Å². The Hall–Kier alpha value is -3.87. The van der Waals surface area contributed by atoms with Gasteiger partial charge in [-0.15, -0.1) is 0 Å². The first-order chi connectivity index (χ1) is 16.9. The van der Waals surface area contributed by atoms with Gasteiger partial charge in [0.15, 0.2) is 0 Å². The second kappa shape index (κ2) is 9.41. The average Bonchev–Trinajstić information content (AvgIpc) is 3.00. The number of hydrogen-bond acceptors (Lipinski definition) is 3. The number of anilines is 4. The van der Waals surface area contributed by atoms with Crippen LogP contribution in [-0.4, -0.2) is 11.8 Å². The van der Waals surface area contributed by atoms with E-state index in [1.165, 1.54) is 12.1 Å². The number of hydrogen-bond donors (Lipinski definition) is 2. The Labute approximate surface area is 211 Å². The van der Waals surface area contributed by atoms with Crippen molar-refractivity contribution in [1.29, 1.82) is 0 Å². The highest BCUT2D eigenvalue weighted by Crippen LogP contribution is 2.39. The number of fused-ring (bicyclic) bond motifs is 2. The summed E-state index contributed by atoms with van der Waals surface area (Å²) in [6, 6.07) is 23.4. The maximum absolute atomic E-state index is 13.8. The molecule has 35 heavy (non-hydrogen) atoms. The predicted molar refractivity (Wildman–Crippen MR) is 137 cm³/mol. The van der Waals surface area contributed by atoms with Gasteiger partial charge >= 0.3 is 0 Å². The van der Waals surface area contributed by atoms with Gasteiger partial charge in [0.05, 0.1) is 38.2 Å². The zero-order chi connectivity index (χ0) is 24.5. The number of carbonyl (C=O) groups is 2. The summed E-state index contributed by atoms with van der Waals surface area (Å²) in [5, 5.41) is 6.22. The molecule has 0 saturated carbocycles. The van der Waals surface area contributed by atoms with E-state index in [4.69, 9.17) is 23.2 Å². The molecule has 2 N–H and O–H groups in total. The lowest BCUT2D eigenvalue weighted by atomic mass is 10.1. The van der Waals surface area contributed by atoms with Crippen LogP contribution >= 0.6 is 23.2 Å². The topological polar surface area (TPSA) is 61.4 Å². The van der Waals surface area contributed by atoms with Crippen LogP contribution < -0.4 is 15.5 Å². The van der Waals surface area contributed by atoms with Crippen molar-refractivity contribution in [3.05, 3.63) is 117 Å².